The van der Waals surface area contributed by atoms with E-state index in [2.05, 4.69) is 156 Å². The van der Waals surface area contributed by atoms with Gasteiger partial charge in [0.05, 0.1) is 70.7 Å². The van der Waals surface area contributed by atoms with Crippen LogP contribution in [0, 0.1) is 13.8 Å². The zero-order valence-corrected chi connectivity index (χ0v) is 87.9. The minimum Gasteiger partial charge on any atom is -0.462 e. The van der Waals surface area contributed by atoms with Gasteiger partial charge in [0, 0.05) is 210 Å². The molecule has 0 aliphatic carbocycles. The monoisotopic (exact) mass is 2170 g/mol. The molecule has 9 N–H and O–H groups in total. The van der Waals surface area contributed by atoms with E-state index in [1.807, 2.05) is 107 Å². The third kappa shape index (κ3) is 41.9. The number of allylic oxidation sites excluding steroid dienone is 1. The lowest BCUT2D eigenvalue weighted by Crippen LogP contribution is -2.44. The van der Waals surface area contributed by atoms with E-state index >= 15 is 0 Å². The van der Waals surface area contributed by atoms with Crippen molar-refractivity contribution < 1.29 is 33.8 Å². The van der Waals surface area contributed by atoms with Gasteiger partial charge in [0.1, 0.15) is 5.15 Å². The van der Waals surface area contributed by atoms with Crippen LogP contribution in [-0.4, -0.2) is 244 Å². The molecule has 758 valence electrons. The van der Waals surface area contributed by atoms with Gasteiger partial charge in [0.25, 0.3) is 0 Å². The Morgan fingerprint density at radius 2 is 0.889 bits per heavy atom. The Hall–Kier alpha value is -12.1. The van der Waals surface area contributed by atoms with E-state index in [0.717, 1.165) is 120 Å². The number of anilines is 5. The summed E-state index contributed by atoms with van der Waals surface area (Å²) in [4.78, 5) is 96.6. The number of nitrogen functional groups attached to an aromatic ring is 1. The number of nitrogens with one attached hydrogen (secondary N) is 4. The first-order chi connectivity index (χ1) is 68.6. The largest absolute Gasteiger partial charge is 0.462 e. The topological polar surface area (TPSA) is 407 Å². The van der Waals surface area contributed by atoms with E-state index in [9.17, 15) is 14.4 Å². The van der Waals surface area contributed by atoms with Gasteiger partial charge in [0.15, 0.2) is 11.6 Å². The van der Waals surface area contributed by atoms with Crippen LogP contribution in [0.5, 0.6) is 0 Å². The lowest BCUT2D eigenvalue weighted by molar-refractivity contribution is -0.179. The standard InChI is InChI=1S/C24H24ClN7.C15H13Cl2N3O.C13H8Cl2N4.C12H8Cl2N2O.C11H17N3.C9H9ClO2.C5H4Cl2N2.C5H5ClN2.C5H13NO2.CH4.H4N2O/c1-31-12-14-32(15-13-31)20-8-6-19(7-9-20)28-24-26-11-10-22(29-24)21-16-27-30-23(21)17-2-4-18(25)5-3-17;1-20(2)9-12(13-7-8-18-15(17)19-13)14(21)10-3-5-11(16)6-4-10;14-9-3-1-8(2-4-9)12-10(7-17-19-12)11-5-6-16-13(15)18-11;13-9-3-1-8(2-4-9)11(17)7-10-5-6-15-12(14)16-10;1-13-6-8-14(9-7-13)11-4-2-10(12)3-5-11;1-2-12-9(11)7-3-5-8(10)6-4-7;1-3-2-4(6)9-5(7)8-3;1-4-2-3-7-5(6)8-4;1-6(2)5(7-3)8-4;;1-2-3/h2-11,16H,12-15H2,1H3,(H,27,30)(H,26,28,29);3-9H,1-2H3;1-7H,(H,17,19);1-6H,7H2;2-5H,6-9,12H2,1H3;3-6H,2H2,1H3;2H,1H3;2-3H,1H3;5H,1-4H3;1H4;2-3H,1H2/b;12-9-;;;;;;;;;. The summed E-state index contributed by atoms with van der Waals surface area (Å²) < 4.78 is 14.5. The first-order valence-electron chi connectivity index (χ1n) is 43.4. The van der Waals surface area contributed by atoms with Crippen LogP contribution < -0.4 is 32.3 Å². The summed E-state index contributed by atoms with van der Waals surface area (Å²) in [5.74, 6) is 4.19. The number of nitrogens with zero attached hydrogens (tertiary/aromatic N) is 20. The number of methoxy groups -OCH3 is 2. The van der Waals surface area contributed by atoms with Crippen LogP contribution in [0.3, 0.4) is 0 Å². The van der Waals surface area contributed by atoms with Crippen molar-refractivity contribution in [1.82, 2.24) is 105 Å². The molecular formula is C100H109Cl11N26O7. The molecule has 7 aromatic carbocycles. The number of esters is 1. The van der Waals surface area contributed by atoms with Crippen molar-refractivity contribution in [3.63, 3.8) is 0 Å². The van der Waals surface area contributed by atoms with E-state index in [4.69, 9.17) is 158 Å². The lowest BCUT2D eigenvalue weighted by Gasteiger charge is -2.34. The summed E-state index contributed by atoms with van der Waals surface area (Å²) in [7, 11) is 15.0. The number of halogens is 11. The number of nitrogens with two attached hydrogens (primary N) is 2. The van der Waals surface area contributed by atoms with Crippen molar-refractivity contribution in [2.24, 2.45) is 5.84 Å². The number of hydrazine groups is 1. The number of likely N-dealkylation sites (N-methyl/N-ethyl adjacent to an activating group) is 2. The van der Waals surface area contributed by atoms with Gasteiger partial charge in [0.2, 0.25) is 38.8 Å². The molecule has 0 amide bonds. The molecule has 15 aromatic rings. The van der Waals surface area contributed by atoms with Crippen molar-refractivity contribution >= 4 is 179 Å². The van der Waals surface area contributed by atoms with Gasteiger partial charge in [-0.2, -0.15) is 10.2 Å². The van der Waals surface area contributed by atoms with Gasteiger partial charge in [-0.3, -0.25) is 24.7 Å². The minimum atomic E-state index is -0.311. The Labute approximate surface area is 891 Å². The van der Waals surface area contributed by atoms with E-state index in [1.54, 1.807) is 173 Å². The average Bonchev–Trinajstić information content (AvgIpc) is 1.63. The van der Waals surface area contributed by atoms with Crippen LogP contribution in [0.15, 0.2) is 256 Å². The molecule has 0 bridgehead atoms. The number of aryl methyl sites for hydroxylation is 2. The number of Topliss-reactive ketones (excluding diaryl/α,β-unsaturated/α-hetero) is 2. The quantitative estimate of drug-likeness (QED) is 0.00429. The molecule has 10 heterocycles. The van der Waals surface area contributed by atoms with Crippen molar-refractivity contribution in [1.29, 1.82) is 0 Å². The molecule has 8 aromatic heterocycles. The molecule has 0 radical (unpaired) electrons. The Morgan fingerprint density at radius 3 is 1.30 bits per heavy atom. The number of H-pyrrole nitrogens is 2. The summed E-state index contributed by atoms with van der Waals surface area (Å²) >= 11 is 62.8. The van der Waals surface area contributed by atoms with Gasteiger partial charge in [-0.05, 0) is 289 Å². The fourth-order valence-corrected chi connectivity index (χ4v) is 14.5. The Kier molecular flexibility index (Phi) is 52.1. The fraction of sp³-hybridized carbons (Fsp3) is 0.230. The predicted molar refractivity (Wildman–Crippen MR) is 579 cm³/mol. The van der Waals surface area contributed by atoms with Crippen molar-refractivity contribution in [3.8, 4) is 45.0 Å². The van der Waals surface area contributed by atoms with Gasteiger partial charge in [-0.25, -0.2) is 70.4 Å². The van der Waals surface area contributed by atoms with Crippen LogP contribution in [0.2, 0.25) is 56.7 Å². The number of hydrogen-bond donors (Lipinski definition) is 7. The molecule has 2 aliphatic heterocycles. The smallest absolute Gasteiger partial charge is 0.338 e. The summed E-state index contributed by atoms with van der Waals surface area (Å²) in [6.07, 6.45) is 13.2. The fourth-order valence-electron chi connectivity index (χ4n) is 12.7. The van der Waals surface area contributed by atoms with E-state index in [1.165, 1.54) is 29.4 Å². The molecule has 2 saturated heterocycles. The molecule has 17 rings (SSSR count). The summed E-state index contributed by atoms with van der Waals surface area (Å²) in [6, 6.07) is 62.2. The second kappa shape index (κ2) is 63.2. The second-order valence-electron chi connectivity index (χ2n) is 30.8. The highest BCUT2D eigenvalue weighted by molar-refractivity contribution is 6.34. The first-order valence-corrected chi connectivity index (χ1v) is 47.6. The second-order valence-corrected chi connectivity index (χ2v) is 35.1. The third-order valence-corrected chi connectivity index (χ3v) is 22.1. The number of aromatic nitrogens is 16. The first kappa shape index (κ1) is 119. The zero-order valence-electron chi connectivity index (χ0n) is 79.6. The number of benzene rings is 7. The number of carbonyl (C=O) groups excluding carboxylic acids is 3. The Morgan fingerprint density at radius 1 is 0.479 bits per heavy atom. The number of hydrogen-bond acceptors (Lipinski definition) is 31. The molecule has 2 aliphatic rings. The molecular weight excluding hydrogens is 2070 g/mol. The third-order valence-electron chi connectivity index (χ3n) is 19.7. The van der Waals surface area contributed by atoms with Crippen molar-refractivity contribution in [3.05, 3.63) is 352 Å². The van der Waals surface area contributed by atoms with Crippen molar-refractivity contribution in [2.75, 3.05) is 136 Å². The maximum atomic E-state index is 12.7. The molecule has 44 heteroatoms. The highest BCUT2D eigenvalue weighted by Crippen LogP contribution is 2.34. The van der Waals surface area contributed by atoms with Crippen LogP contribution >= 0.6 is 128 Å². The number of aromatic amines is 2. The predicted octanol–water partition coefficient (Wildman–Crippen LogP) is 22.0. The molecule has 0 spiro atoms. The number of ether oxygens (including phenoxy) is 3. The highest BCUT2D eigenvalue weighted by Gasteiger charge is 2.21. The molecule has 0 atom stereocenters. The Bertz CT molecular complexity index is 6350. The Balaban J connectivity index is 0.000000226. The lowest BCUT2D eigenvalue weighted by atomic mass is 10.0. The number of rotatable bonds is 20. The zero-order chi connectivity index (χ0) is 104. The summed E-state index contributed by atoms with van der Waals surface area (Å²) in [5.41, 5.74) is 23.1. The van der Waals surface area contributed by atoms with E-state index < -0.39 is 0 Å². The summed E-state index contributed by atoms with van der Waals surface area (Å²) in [5, 5.41) is 29.3. The number of carbonyl (C=O) groups is 3. The van der Waals surface area contributed by atoms with Crippen LogP contribution in [0.1, 0.15) is 68.2 Å². The van der Waals surface area contributed by atoms with E-state index in [-0.39, 0.29) is 58.9 Å². The van der Waals surface area contributed by atoms with Crippen LogP contribution in [0.4, 0.5) is 28.7 Å². The maximum Gasteiger partial charge on any atom is 0.338 e. The van der Waals surface area contributed by atoms with Gasteiger partial charge in [-0.1, -0.05) is 101 Å². The van der Waals surface area contributed by atoms with Crippen LogP contribution in [-0.2, 0) is 20.6 Å². The molecule has 0 unspecified atom stereocenters. The number of ketones is 2. The van der Waals surface area contributed by atoms with Crippen LogP contribution in [0.25, 0.3) is 50.6 Å². The summed E-state index contributed by atoms with van der Waals surface area (Å²) in [6.45, 7) is 14.6. The maximum absolute atomic E-state index is 12.7. The van der Waals surface area contributed by atoms with Gasteiger partial charge < -0.3 is 55.0 Å². The average molecular weight is 2180 g/mol. The molecule has 2 fully saturated rings. The number of piperazine rings is 2. The minimum absolute atomic E-state index is 0. The SMILES string of the molecule is C.CCOC(=O)c1ccc(Cl)cc1.CN(C)/C=C(\C(=O)c1ccc(Cl)cc1)c1ccnc(Cl)n1.CN1CCN(c2ccc(N)cc2)CC1.CN1CCN(c2ccc(Nc3nccc(-c4cn[nH]c4-c4ccc(Cl)cc4)n3)cc2)CC1.COC(OC)N(C)C.Cc1cc(Cl)nc(Cl)n1.Cc1ccnc(Cl)n1.Clc1ccc(-c2[nH]ncc2-c2ccnc(Cl)n2)cc1.NNO.O=C(Cc1ccnc(Cl)n1)c1ccc(Cl)cc1. The molecule has 144 heavy (non-hydrogen) atoms. The van der Waals surface area contributed by atoms with Gasteiger partial charge in [-0.15, -0.1) is 5.59 Å². The molecule has 0 saturated carbocycles. The van der Waals surface area contributed by atoms with E-state index in [0.29, 0.717) is 81.8 Å². The van der Waals surface area contributed by atoms with Gasteiger partial charge >= 0.3 is 5.97 Å². The normalized spacial score (nSPS) is 11.9. The molecule has 33 nitrogen and oxygen atoms in total. The van der Waals surface area contributed by atoms with Crippen molar-refractivity contribution in [2.45, 2.75) is 41.0 Å². The highest BCUT2D eigenvalue weighted by atomic mass is 35.5.